The second kappa shape index (κ2) is 13.4. The summed E-state index contributed by atoms with van der Waals surface area (Å²) in [4.78, 5) is 4.92. The van der Waals surface area contributed by atoms with Gasteiger partial charge in [0.2, 0.25) is 0 Å². The Hall–Kier alpha value is -8.67. The lowest BCUT2D eigenvalue weighted by Gasteiger charge is -2.16. The molecular formula is C59H36N4O. The highest BCUT2D eigenvalue weighted by Crippen LogP contribution is 2.40. The Morgan fingerprint density at radius 3 is 1.09 bits per heavy atom. The number of benzene rings is 9. The van der Waals surface area contributed by atoms with Gasteiger partial charge in [0.1, 0.15) is 11.2 Å². The van der Waals surface area contributed by atoms with Gasteiger partial charge in [0.25, 0.3) is 0 Å². The molecule has 0 N–H and O–H groups in total. The summed E-state index contributed by atoms with van der Waals surface area (Å²) < 4.78 is 13.7. The highest BCUT2D eigenvalue weighted by molar-refractivity contribution is 6.12. The van der Waals surface area contributed by atoms with Crippen molar-refractivity contribution in [3.05, 3.63) is 219 Å². The molecule has 298 valence electrons. The van der Waals surface area contributed by atoms with Crippen LogP contribution in [0.15, 0.2) is 223 Å². The zero-order valence-electron chi connectivity index (χ0n) is 34.5. The molecule has 9 aromatic carbocycles. The fourth-order valence-electron chi connectivity index (χ4n) is 10.5. The molecule has 5 nitrogen and oxygen atoms in total. The van der Waals surface area contributed by atoms with E-state index in [0.717, 1.165) is 61.3 Å². The van der Waals surface area contributed by atoms with E-state index in [9.17, 15) is 0 Å². The molecule has 0 atom stereocenters. The lowest BCUT2D eigenvalue weighted by molar-refractivity contribution is 0.669. The van der Waals surface area contributed by atoms with Crippen LogP contribution in [0.2, 0.25) is 0 Å². The Kier molecular flexibility index (Phi) is 7.33. The number of para-hydroxylation sites is 6. The molecule has 5 heteroatoms. The van der Waals surface area contributed by atoms with Crippen LogP contribution >= 0.6 is 0 Å². The average molecular weight is 817 g/mol. The Labute approximate surface area is 366 Å². The van der Waals surface area contributed by atoms with Crippen LogP contribution in [-0.4, -0.2) is 18.7 Å². The number of pyridine rings is 1. The van der Waals surface area contributed by atoms with Crippen molar-refractivity contribution in [3.63, 3.8) is 0 Å². The molecule has 0 aliphatic heterocycles. The smallest absolute Gasteiger partial charge is 0.135 e. The van der Waals surface area contributed by atoms with Crippen molar-refractivity contribution in [1.29, 1.82) is 0 Å². The maximum absolute atomic E-state index is 6.47. The Morgan fingerprint density at radius 1 is 0.266 bits per heavy atom. The summed E-state index contributed by atoms with van der Waals surface area (Å²) in [6.07, 6.45) is 3.97. The first kappa shape index (κ1) is 35.0. The molecule has 64 heavy (non-hydrogen) atoms. The van der Waals surface area contributed by atoms with Crippen LogP contribution in [0.1, 0.15) is 0 Å². The minimum atomic E-state index is 0.858. The average Bonchev–Trinajstić information content (AvgIpc) is 4.10. The van der Waals surface area contributed by atoms with E-state index in [1.807, 2.05) is 12.4 Å². The van der Waals surface area contributed by atoms with Gasteiger partial charge in [-0.15, -0.1) is 0 Å². The zero-order chi connectivity index (χ0) is 41.9. The quantitative estimate of drug-likeness (QED) is 0.174. The predicted octanol–water partition coefficient (Wildman–Crippen LogP) is 15.6. The second-order valence-corrected chi connectivity index (χ2v) is 16.8. The van der Waals surface area contributed by atoms with Gasteiger partial charge in [-0.1, -0.05) is 115 Å². The van der Waals surface area contributed by atoms with Crippen molar-refractivity contribution in [3.8, 4) is 39.3 Å². The minimum absolute atomic E-state index is 0.858. The van der Waals surface area contributed by atoms with E-state index < -0.39 is 0 Å². The van der Waals surface area contributed by atoms with E-state index in [0.29, 0.717) is 0 Å². The number of hydrogen-bond donors (Lipinski definition) is 0. The fourth-order valence-corrected chi connectivity index (χ4v) is 10.5. The van der Waals surface area contributed by atoms with Crippen LogP contribution in [0.5, 0.6) is 0 Å². The van der Waals surface area contributed by atoms with Gasteiger partial charge in [-0.2, -0.15) is 0 Å². The molecule has 0 saturated heterocycles. The number of hydrogen-bond acceptors (Lipinski definition) is 2. The molecule has 0 spiro atoms. The Morgan fingerprint density at radius 2 is 0.641 bits per heavy atom. The number of nitrogens with zero attached hydrogens (tertiary/aromatic N) is 4. The molecular weight excluding hydrogens is 781 g/mol. The monoisotopic (exact) mass is 816 g/mol. The van der Waals surface area contributed by atoms with Gasteiger partial charge < -0.3 is 18.1 Å². The molecule has 0 amide bonds. The third-order valence-electron chi connectivity index (χ3n) is 13.3. The molecule has 5 aromatic heterocycles. The number of rotatable bonds is 5. The van der Waals surface area contributed by atoms with Crippen LogP contribution in [0.4, 0.5) is 0 Å². The highest BCUT2D eigenvalue weighted by Gasteiger charge is 2.19. The summed E-state index contributed by atoms with van der Waals surface area (Å²) in [6.45, 7) is 0. The SMILES string of the molecule is c1ccc2c(c1)c1ccccc1n2-c1cc(-c2cncc(-c3ccc4oc5ccc(-n6c7ccccc7c7ccccc76)cc5c4c3)c2)cc(-n2c3ccccc3c3ccccc32)c1. The lowest BCUT2D eigenvalue weighted by atomic mass is 9.99. The van der Waals surface area contributed by atoms with Crippen molar-refractivity contribution >= 4 is 87.4 Å². The van der Waals surface area contributed by atoms with Crippen LogP contribution in [0.25, 0.3) is 127 Å². The van der Waals surface area contributed by atoms with E-state index in [2.05, 4.69) is 220 Å². The summed E-state index contributed by atoms with van der Waals surface area (Å²) in [5, 5.41) is 9.56. The van der Waals surface area contributed by atoms with Gasteiger partial charge in [-0.25, -0.2) is 0 Å². The first-order valence-electron chi connectivity index (χ1n) is 21.8. The number of furan rings is 1. The number of fused-ring (bicyclic) bond motifs is 12. The third-order valence-corrected chi connectivity index (χ3v) is 13.3. The summed E-state index contributed by atoms with van der Waals surface area (Å²) in [5.74, 6) is 0. The maximum atomic E-state index is 6.47. The Bertz CT molecular complexity index is 3920. The molecule has 0 aliphatic carbocycles. The van der Waals surface area contributed by atoms with Crippen molar-refractivity contribution in [2.75, 3.05) is 0 Å². The van der Waals surface area contributed by atoms with Gasteiger partial charge in [-0.05, 0) is 102 Å². The van der Waals surface area contributed by atoms with Crippen molar-refractivity contribution in [2.24, 2.45) is 0 Å². The maximum Gasteiger partial charge on any atom is 0.135 e. The van der Waals surface area contributed by atoms with Crippen molar-refractivity contribution in [2.45, 2.75) is 0 Å². The summed E-state index contributed by atoms with van der Waals surface area (Å²) in [7, 11) is 0. The van der Waals surface area contributed by atoms with Crippen LogP contribution in [0, 0.1) is 0 Å². The molecule has 0 fully saturated rings. The highest BCUT2D eigenvalue weighted by atomic mass is 16.3. The lowest BCUT2D eigenvalue weighted by Crippen LogP contribution is -2.00. The zero-order valence-corrected chi connectivity index (χ0v) is 34.5. The summed E-state index contributed by atoms with van der Waals surface area (Å²) >= 11 is 0. The first-order chi connectivity index (χ1) is 31.7. The topological polar surface area (TPSA) is 40.8 Å². The first-order valence-corrected chi connectivity index (χ1v) is 21.8. The predicted molar refractivity (Wildman–Crippen MR) is 265 cm³/mol. The Balaban J connectivity index is 0.955. The molecule has 5 heterocycles. The van der Waals surface area contributed by atoms with Gasteiger partial charge in [0.15, 0.2) is 0 Å². The van der Waals surface area contributed by atoms with Gasteiger partial charge in [0, 0.05) is 83.7 Å². The van der Waals surface area contributed by atoms with Crippen molar-refractivity contribution in [1.82, 2.24) is 18.7 Å². The van der Waals surface area contributed by atoms with E-state index in [4.69, 9.17) is 9.40 Å². The van der Waals surface area contributed by atoms with Crippen molar-refractivity contribution < 1.29 is 4.42 Å². The van der Waals surface area contributed by atoms with Gasteiger partial charge in [-0.3, -0.25) is 4.98 Å². The molecule has 0 bridgehead atoms. The fraction of sp³-hybridized carbons (Fsp3) is 0. The standard InChI is InChI=1S/C59H36N4O/c1-7-19-52-44(13-1)45-14-2-8-20-53(45)61(52)41-26-28-59-51(34-41)50-32-37(25-27-58(50)64-59)39-29-40(36-60-35-39)38-30-42(62-54-21-9-3-15-46(54)47-16-4-10-22-55(47)62)33-43(31-38)63-56-23-11-5-17-48(56)49-18-6-12-24-57(49)63/h1-36H. The molecule has 0 aliphatic rings. The van der Waals surface area contributed by atoms with E-state index >= 15 is 0 Å². The van der Waals surface area contributed by atoms with Gasteiger partial charge >= 0.3 is 0 Å². The molecule has 14 aromatic rings. The summed E-state index contributed by atoms with van der Waals surface area (Å²) in [5.41, 5.74) is 16.3. The van der Waals surface area contributed by atoms with Gasteiger partial charge in [0.05, 0.1) is 33.1 Å². The van der Waals surface area contributed by atoms with Crippen LogP contribution in [-0.2, 0) is 0 Å². The molecule has 0 saturated carbocycles. The van der Waals surface area contributed by atoms with Crippen LogP contribution < -0.4 is 0 Å². The van der Waals surface area contributed by atoms with Crippen LogP contribution in [0.3, 0.4) is 0 Å². The number of aromatic nitrogens is 4. The second-order valence-electron chi connectivity index (χ2n) is 16.8. The normalized spacial score (nSPS) is 12.1. The molecule has 14 rings (SSSR count). The largest absolute Gasteiger partial charge is 0.456 e. The van der Waals surface area contributed by atoms with E-state index in [1.54, 1.807) is 0 Å². The molecule has 0 unspecified atom stereocenters. The molecule has 0 radical (unpaired) electrons. The van der Waals surface area contributed by atoms with E-state index in [1.165, 1.54) is 65.4 Å². The third kappa shape index (κ3) is 5.09. The summed E-state index contributed by atoms with van der Waals surface area (Å²) in [6, 6.07) is 74.5. The minimum Gasteiger partial charge on any atom is -0.456 e. The van der Waals surface area contributed by atoms with E-state index in [-0.39, 0.29) is 0 Å².